The fourth-order valence-electron chi connectivity index (χ4n) is 5.26. The summed E-state index contributed by atoms with van der Waals surface area (Å²) in [7, 11) is -5.65. The third-order valence-electron chi connectivity index (χ3n) is 7.22. The molecule has 0 spiro atoms. The Morgan fingerprint density at radius 3 is 1.98 bits per heavy atom. The van der Waals surface area contributed by atoms with E-state index in [1.807, 2.05) is 0 Å². The minimum Gasteiger partial charge on any atom is -0.386 e. The smallest absolute Gasteiger partial charge is 0.386 e. The maximum Gasteiger partial charge on any atom is 0.472 e. The molecule has 7 rings (SSSR count). The molecule has 0 amide bonds. The van der Waals surface area contributed by atoms with Gasteiger partial charge < -0.3 is 45.1 Å². The van der Waals surface area contributed by atoms with Crippen molar-refractivity contribution in [3.8, 4) is 0 Å². The molecular formula is C20H24N10O12P2. The molecule has 22 nitrogen and oxygen atoms in total. The van der Waals surface area contributed by atoms with E-state index in [4.69, 9.17) is 39.0 Å². The number of nitrogens with zero attached hydrogens (tertiary/aromatic N) is 6. The molecule has 236 valence electrons. The minimum atomic E-state index is -4.93. The highest BCUT2D eigenvalue weighted by Crippen LogP contribution is 2.50. The highest BCUT2D eigenvalue weighted by atomic mass is 31.2. The van der Waals surface area contributed by atoms with Gasteiger partial charge in [-0.25, -0.2) is 14.5 Å². The van der Waals surface area contributed by atoms with Crippen LogP contribution in [0.15, 0.2) is 22.2 Å². The molecule has 0 aromatic carbocycles. The third-order valence-corrected chi connectivity index (χ3v) is 8.85. The van der Waals surface area contributed by atoms with E-state index in [2.05, 4.69) is 29.9 Å². The molecule has 3 aliphatic heterocycles. The van der Waals surface area contributed by atoms with Crippen LogP contribution >= 0.6 is 16.9 Å². The quantitative estimate of drug-likeness (QED) is 0.108. The number of rotatable bonds is 2. The highest BCUT2D eigenvalue weighted by Gasteiger charge is 2.52. The molecule has 24 heteroatoms. The van der Waals surface area contributed by atoms with E-state index in [0.717, 1.165) is 0 Å². The lowest BCUT2D eigenvalue weighted by molar-refractivity contribution is -0.0595. The number of fused-ring (bicyclic) bond motifs is 4. The van der Waals surface area contributed by atoms with Crippen molar-refractivity contribution >= 4 is 51.1 Å². The lowest BCUT2D eigenvalue weighted by Gasteiger charge is -2.26. The summed E-state index contributed by atoms with van der Waals surface area (Å²) in [6.07, 6.45) is -8.03. The van der Waals surface area contributed by atoms with Crippen LogP contribution in [0.25, 0.3) is 22.3 Å². The number of hydrogen-bond acceptors (Lipinski definition) is 17. The van der Waals surface area contributed by atoms with E-state index in [9.17, 15) is 29.3 Å². The first kappa shape index (κ1) is 29.3. The van der Waals surface area contributed by atoms with Crippen LogP contribution in [-0.2, 0) is 32.1 Å². The van der Waals surface area contributed by atoms with Crippen LogP contribution in [-0.4, -0.2) is 104 Å². The van der Waals surface area contributed by atoms with Crippen LogP contribution in [0.3, 0.4) is 0 Å². The predicted molar refractivity (Wildman–Crippen MR) is 145 cm³/mol. The fraction of sp³-hybridized carbons (Fsp3) is 0.500. The number of hydrogen-bond donors (Lipinski definition) is 7. The first-order valence-electron chi connectivity index (χ1n) is 12.8. The van der Waals surface area contributed by atoms with Crippen molar-refractivity contribution in [2.45, 2.75) is 49.1 Å². The third kappa shape index (κ3) is 4.99. The Bertz CT molecular complexity index is 1900. The number of phosphoric acid groups is 1. The fourth-order valence-corrected chi connectivity index (χ4v) is 6.93. The number of H-pyrrole nitrogens is 2. The van der Waals surface area contributed by atoms with Crippen LogP contribution in [0.1, 0.15) is 12.5 Å². The van der Waals surface area contributed by atoms with E-state index in [0.29, 0.717) is 0 Å². The molecule has 4 aromatic heterocycles. The van der Waals surface area contributed by atoms with Crippen LogP contribution in [0.4, 0.5) is 11.9 Å². The molecule has 0 saturated carbocycles. The van der Waals surface area contributed by atoms with Crippen LogP contribution in [0, 0.1) is 0 Å². The number of imidazole rings is 2. The van der Waals surface area contributed by atoms with Gasteiger partial charge in [0.2, 0.25) is 11.9 Å². The van der Waals surface area contributed by atoms with Gasteiger partial charge in [-0.05, 0) is 0 Å². The number of nitrogens with one attached hydrogen (secondary N) is 2. The van der Waals surface area contributed by atoms with Crippen molar-refractivity contribution in [1.29, 1.82) is 0 Å². The SMILES string of the molecule is Nc1nc2c(ncn2[C@@H]2O[C@@H]3COP(=O)(O)O[C@H]4[C@@H](O)[C@H](n5cnc6c(=O)[nH]c(N)nc65)O[C@@H]4COPO[C@H]3[C@H]2O)c(=O)[nH]1. The molecule has 0 bridgehead atoms. The Hall–Kier alpha value is -3.40. The normalized spacial score (nSPS) is 35.4. The summed E-state index contributed by atoms with van der Waals surface area (Å²) >= 11 is 0. The number of aliphatic hydroxyl groups is 2. The maximum absolute atomic E-state index is 13.1. The summed E-state index contributed by atoms with van der Waals surface area (Å²) < 4.78 is 49.3. The van der Waals surface area contributed by atoms with Gasteiger partial charge in [0.1, 0.15) is 36.6 Å². The van der Waals surface area contributed by atoms with Gasteiger partial charge in [-0.1, -0.05) is 0 Å². The van der Waals surface area contributed by atoms with E-state index in [1.54, 1.807) is 0 Å². The average molecular weight is 658 g/mol. The van der Waals surface area contributed by atoms with E-state index in [1.165, 1.54) is 21.8 Å². The second-order valence-electron chi connectivity index (χ2n) is 9.97. The van der Waals surface area contributed by atoms with Gasteiger partial charge in [-0.3, -0.25) is 37.7 Å². The Balaban J connectivity index is 1.13. The van der Waals surface area contributed by atoms with Crippen molar-refractivity contribution in [1.82, 2.24) is 39.0 Å². The largest absolute Gasteiger partial charge is 0.472 e. The Kier molecular flexibility index (Phi) is 7.26. The maximum atomic E-state index is 13.1. The molecule has 10 atom stereocenters. The molecule has 2 unspecified atom stereocenters. The van der Waals surface area contributed by atoms with Crippen molar-refractivity contribution in [2.24, 2.45) is 0 Å². The topological polar surface area (TPSA) is 312 Å². The molecule has 9 N–H and O–H groups in total. The summed E-state index contributed by atoms with van der Waals surface area (Å²) in [5, 5.41) is 22.2. The number of aliphatic hydroxyl groups excluding tert-OH is 2. The molecule has 7 heterocycles. The minimum absolute atomic E-state index is 0.0103. The average Bonchev–Trinajstić information content (AvgIpc) is 3.70. The van der Waals surface area contributed by atoms with E-state index < -0.39 is 83.7 Å². The molecule has 4 aromatic rings. The van der Waals surface area contributed by atoms with Crippen LogP contribution < -0.4 is 22.6 Å². The zero-order valence-electron chi connectivity index (χ0n) is 22.0. The Labute approximate surface area is 244 Å². The van der Waals surface area contributed by atoms with Crippen molar-refractivity contribution in [3.63, 3.8) is 0 Å². The second kappa shape index (κ2) is 10.9. The van der Waals surface area contributed by atoms with E-state index >= 15 is 0 Å². The summed E-state index contributed by atoms with van der Waals surface area (Å²) in [4.78, 5) is 55.7. The lowest BCUT2D eigenvalue weighted by Crippen LogP contribution is -2.38. The number of ether oxygens (including phenoxy) is 2. The summed E-state index contributed by atoms with van der Waals surface area (Å²) in [5.41, 5.74) is 9.96. The van der Waals surface area contributed by atoms with E-state index in [-0.39, 0.29) is 40.8 Å². The summed E-state index contributed by atoms with van der Waals surface area (Å²) in [6.45, 7) is -0.926. The van der Waals surface area contributed by atoms with Gasteiger partial charge in [0.15, 0.2) is 43.8 Å². The molecule has 0 aliphatic carbocycles. The van der Waals surface area contributed by atoms with Crippen molar-refractivity contribution < 1.29 is 47.2 Å². The van der Waals surface area contributed by atoms with Gasteiger partial charge in [0.05, 0.1) is 25.9 Å². The lowest BCUT2D eigenvalue weighted by atomic mass is 10.1. The van der Waals surface area contributed by atoms with Gasteiger partial charge >= 0.3 is 7.82 Å². The molecule has 0 radical (unpaired) electrons. The second-order valence-corrected chi connectivity index (χ2v) is 12.1. The standard InChI is InChI=1S/C20H24N10O12P2/c21-19-25-13-7(15(33)27-19)23-3-29(13)17-9(31)11-6(40-17)2-38-44(35,36)42-12-5(1-37-43-41-11)39-18(10(12)32)30-4-24-8-14(30)26-20(22)28-16(8)34/h3-6,9-12,17-18,31-32,43H,1-2H2,(H,35,36)(H3,21,25,27,33)(H3,22,26,28,34)/t5-,6-,9-,10-,11-,12-,17-,18-/m1/s1. The Morgan fingerprint density at radius 2 is 1.41 bits per heavy atom. The molecule has 3 fully saturated rings. The molecular weight excluding hydrogens is 634 g/mol. The van der Waals surface area contributed by atoms with Crippen molar-refractivity contribution in [2.75, 3.05) is 24.7 Å². The van der Waals surface area contributed by atoms with Gasteiger partial charge in [-0.2, -0.15) is 9.97 Å². The zero-order chi connectivity index (χ0) is 30.9. The number of nitrogens with two attached hydrogens (primary N) is 2. The predicted octanol–water partition coefficient (Wildman–Crippen LogP) is -2.64. The number of anilines is 2. The van der Waals surface area contributed by atoms with Gasteiger partial charge in [-0.15, -0.1) is 0 Å². The zero-order valence-corrected chi connectivity index (χ0v) is 23.9. The first-order chi connectivity index (χ1) is 21.0. The van der Waals surface area contributed by atoms with Gasteiger partial charge in [0.25, 0.3) is 11.1 Å². The highest BCUT2D eigenvalue weighted by molar-refractivity contribution is 7.47. The summed E-state index contributed by atoms with van der Waals surface area (Å²) in [5.74, 6) is -0.398. The monoisotopic (exact) mass is 658 g/mol. The molecule has 44 heavy (non-hydrogen) atoms. The summed E-state index contributed by atoms with van der Waals surface area (Å²) in [6, 6.07) is 0. The molecule has 3 saturated heterocycles. The number of aromatic nitrogens is 8. The van der Waals surface area contributed by atoms with Crippen LogP contribution in [0.5, 0.6) is 0 Å². The van der Waals surface area contributed by atoms with Crippen molar-refractivity contribution in [3.05, 3.63) is 33.4 Å². The molecule has 3 aliphatic rings. The number of aromatic amines is 2. The number of nitrogen functional groups attached to an aromatic ring is 2. The Morgan fingerprint density at radius 1 is 0.886 bits per heavy atom. The number of phosphoric ester groups is 1. The van der Waals surface area contributed by atoms with Crippen LogP contribution in [0.2, 0.25) is 0 Å². The first-order valence-corrected chi connectivity index (χ1v) is 15.1. The van der Waals surface area contributed by atoms with Gasteiger partial charge in [0, 0.05) is 0 Å².